The molecular weight excluding hydrogens is 276 g/mol. The summed E-state index contributed by atoms with van der Waals surface area (Å²) in [5.74, 6) is 1.72. The smallest absolute Gasteiger partial charge is 0.127 e. The van der Waals surface area contributed by atoms with E-state index in [4.69, 9.17) is 4.74 Å². The van der Waals surface area contributed by atoms with Gasteiger partial charge in [0.2, 0.25) is 0 Å². The van der Waals surface area contributed by atoms with E-state index in [9.17, 15) is 10.2 Å². The number of unbranched alkanes of at least 4 members (excludes halogenated alkanes) is 2. The van der Waals surface area contributed by atoms with Gasteiger partial charge in [-0.15, -0.1) is 0 Å². The van der Waals surface area contributed by atoms with Crippen LogP contribution in [0.3, 0.4) is 0 Å². The van der Waals surface area contributed by atoms with Crippen molar-refractivity contribution in [2.75, 3.05) is 0 Å². The normalized spacial score (nSPS) is 25.1. The maximum Gasteiger partial charge on any atom is 0.127 e. The van der Waals surface area contributed by atoms with Crippen molar-refractivity contribution < 1.29 is 14.9 Å². The number of hydrogen-bond donors (Lipinski definition) is 2. The maximum atomic E-state index is 10.5. The summed E-state index contributed by atoms with van der Waals surface area (Å²) in [5.41, 5.74) is 1.63. The molecule has 1 aromatic rings. The molecule has 0 amide bonds. The Morgan fingerprint density at radius 1 is 1.23 bits per heavy atom. The zero-order valence-corrected chi connectivity index (χ0v) is 13.7. The third kappa shape index (κ3) is 2.57. The second-order valence-corrected chi connectivity index (χ2v) is 7.18. The van der Waals surface area contributed by atoms with Gasteiger partial charge in [0.1, 0.15) is 17.1 Å². The van der Waals surface area contributed by atoms with Gasteiger partial charge in [-0.05, 0) is 50.5 Å². The van der Waals surface area contributed by atoms with Gasteiger partial charge in [-0.2, -0.15) is 0 Å². The number of benzene rings is 1. The van der Waals surface area contributed by atoms with Crippen molar-refractivity contribution in [2.24, 2.45) is 5.92 Å². The summed E-state index contributed by atoms with van der Waals surface area (Å²) < 4.78 is 6.20. The molecule has 1 aliphatic heterocycles. The van der Waals surface area contributed by atoms with Gasteiger partial charge in [0, 0.05) is 23.8 Å². The van der Waals surface area contributed by atoms with Crippen molar-refractivity contribution in [2.45, 2.75) is 64.4 Å². The van der Waals surface area contributed by atoms with E-state index in [-0.39, 0.29) is 17.4 Å². The second kappa shape index (κ2) is 5.53. The molecule has 2 N–H and O–H groups in total. The van der Waals surface area contributed by atoms with E-state index in [0.29, 0.717) is 17.9 Å². The summed E-state index contributed by atoms with van der Waals surface area (Å²) in [6, 6.07) is 3.95. The van der Waals surface area contributed by atoms with Crippen LogP contribution in [0.15, 0.2) is 24.0 Å². The third-order valence-corrected chi connectivity index (χ3v) is 5.08. The van der Waals surface area contributed by atoms with E-state index in [0.717, 1.165) is 29.7 Å². The molecule has 0 spiro atoms. The summed E-state index contributed by atoms with van der Waals surface area (Å²) >= 11 is 0. The fraction of sp³-hybridized carbons (Fsp3) is 0.579. The summed E-state index contributed by atoms with van der Waals surface area (Å²) in [6.45, 7) is 6.33. The first-order valence-electron chi connectivity index (χ1n) is 8.37. The molecule has 120 valence electrons. The zero-order chi connectivity index (χ0) is 15.9. The molecule has 1 aliphatic carbocycles. The Balaban J connectivity index is 1.97. The van der Waals surface area contributed by atoms with Gasteiger partial charge in [0.15, 0.2) is 0 Å². The van der Waals surface area contributed by atoms with Crippen molar-refractivity contribution in [3.05, 3.63) is 35.1 Å². The first-order chi connectivity index (χ1) is 10.4. The van der Waals surface area contributed by atoms with Crippen LogP contribution < -0.4 is 4.74 Å². The Hall–Kier alpha value is -1.64. The SMILES string of the molecule is CCCCCc1cc(O)c2c(c1)OC(C)(C)C1CC(O)=C[C@@H]21. The molecule has 2 aliphatic rings. The molecule has 1 heterocycles. The van der Waals surface area contributed by atoms with Crippen LogP contribution in [0.2, 0.25) is 0 Å². The van der Waals surface area contributed by atoms with Gasteiger partial charge >= 0.3 is 0 Å². The van der Waals surface area contributed by atoms with Gasteiger partial charge in [0.25, 0.3) is 0 Å². The van der Waals surface area contributed by atoms with Crippen LogP contribution in [0.1, 0.15) is 63.5 Å². The fourth-order valence-corrected chi connectivity index (χ4v) is 3.88. The van der Waals surface area contributed by atoms with Crippen LogP contribution in [-0.2, 0) is 6.42 Å². The first kappa shape index (κ1) is 15.3. The standard InChI is InChI=1S/C19H26O3/c1-4-5-6-7-12-8-16(21)18-14-10-13(20)11-15(14)19(2,3)22-17(18)9-12/h8-10,14-15,20-21H,4-7,11H2,1-3H3/t14-,15?/m1/s1. The minimum absolute atomic E-state index is 0.0449. The Morgan fingerprint density at radius 2 is 2.00 bits per heavy atom. The maximum absolute atomic E-state index is 10.5. The van der Waals surface area contributed by atoms with Gasteiger partial charge in [-0.25, -0.2) is 0 Å². The van der Waals surface area contributed by atoms with Crippen molar-refractivity contribution in [1.82, 2.24) is 0 Å². The summed E-state index contributed by atoms with van der Waals surface area (Å²) in [7, 11) is 0. The number of hydrogen-bond acceptors (Lipinski definition) is 3. The van der Waals surface area contributed by atoms with Crippen molar-refractivity contribution in [3.8, 4) is 11.5 Å². The molecule has 0 radical (unpaired) electrons. The van der Waals surface area contributed by atoms with Crippen LogP contribution in [0.4, 0.5) is 0 Å². The first-order valence-corrected chi connectivity index (χ1v) is 8.37. The highest BCUT2D eigenvalue weighted by Crippen LogP contribution is 2.54. The van der Waals surface area contributed by atoms with Crippen LogP contribution >= 0.6 is 0 Å². The third-order valence-electron chi connectivity index (χ3n) is 5.08. The number of aliphatic hydroxyl groups excluding tert-OH is 1. The van der Waals surface area contributed by atoms with E-state index >= 15 is 0 Å². The lowest BCUT2D eigenvalue weighted by atomic mass is 9.75. The molecule has 0 saturated heterocycles. The lowest BCUT2D eigenvalue weighted by Gasteiger charge is -2.42. The number of rotatable bonds is 4. The number of aliphatic hydroxyl groups is 1. The predicted molar refractivity (Wildman–Crippen MR) is 87.6 cm³/mol. The molecule has 3 rings (SSSR count). The highest BCUT2D eigenvalue weighted by atomic mass is 16.5. The molecular formula is C19H26O3. The molecule has 0 bridgehead atoms. The summed E-state index contributed by atoms with van der Waals surface area (Å²) in [5, 5.41) is 20.4. The molecule has 3 heteroatoms. The lowest BCUT2D eigenvalue weighted by Crippen LogP contribution is -2.42. The van der Waals surface area contributed by atoms with Crippen molar-refractivity contribution in [1.29, 1.82) is 0 Å². The number of allylic oxidation sites excluding steroid dienone is 2. The average molecular weight is 302 g/mol. The molecule has 3 nitrogen and oxygen atoms in total. The monoisotopic (exact) mass is 302 g/mol. The van der Waals surface area contributed by atoms with Crippen molar-refractivity contribution in [3.63, 3.8) is 0 Å². The molecule has 22 heavy (non-hydrogen) atoms. The molecule has 1 aromatic carbocycles. The van der Waals surface area contributed by atoms with Crippen molar-refractivity contribution >= 4 is 0 Å². The minimum Gasteiger partial charge on any atom is -0.513 e. The van der Waals surface area contributed by atoms with E-state index < -0.39 is 0 Å². The van der Waals surface area contributed by atoms with Crippen LogP contribution in [0, 0.1) is 5.92 Å². The van der Waals surface area contributed by atoms with Crippen LogP contribution in [-0.4, -0.2) is 15.8 Å². The van der Waals surface area contributed by atoms with E-state index in [2.05, 4.69) is 26.8 Å². The quantitative estimate of drug-likeness (QED) is 0.782. The number of fused-ring (bicyclic) bond motifs is 3. The number of aryl methyl sites for hydroxylation is 1. The summed E-state index contributed by atoms with van der Waals surface area (Å²) in [6.07, 6.45) is 6.98. The van der Waals surface area contributed by atoms with Gasteiger partial charge in [-0.3, -0.25) is 0 Å². The molecule has 1 unspecified atom stereocenters. The van der Waals surface area contributed by atoms with Gasteiger partial charge in [0.05, 0.1) is 5.76 Å². The summed E-state index contributed by atoms with van der Waals surface area (Å²) in [4.78, 5) is 0. The molecule has 0 saturated carbocycles. The lowest BCUT2D eigenvalue weighted by molar-refractivity contribution is 0.0202. The highest BCUT2D eigenvalue weighted by molar-refractivity contribution is 5.54. The number of phenols is 1. The average Bonchev–Trinajstić information content (AvgIpc) is 2.80. The minimum atomic E-state index is -0.340. The van der Waals surface area contributed by atoms with Gasteiger partial charge in [-0.1, -0.05) is 19.8 Å². The number of aromatic hydroxyl groups is 1. The molecule has 2 atom stereocenters. The Labute approximate surface area is 132 Å². The largest absolute Gasteiger partial charge is 0.513 e. The number of ether oxygens (including phenoxy) is 1. The fourth-order valence-electron chi connectivity index (χ4n) is 3.88. The molecule has 0 fully saturated rings. The predicted octanol–water partition coefficient (Wildman–Crippen LogP) is 4.84. The van der Waals surface area contributed by atoms with E-state index in [1.165, 1.54) is 12.8 Å². The van der Waals surface area contributed by atoms with E-state index in [1.54, 1.807) is 0 Å². The van der Waals surface area contributed by atoms with Crippen LogP contribution in [0.25, 0.3) is 0 Å². The topological polar surface area (TPSA) is 49.7 Å². The van der Waals surface area contributed by atoms with Crippen LogP contribution in [0.5, 0.6) is 11.5 Å². The Kier molecular flexibility index (Phi) is 3.84. The highest BCUT2D eigenvalue weighted by Gasteiger charge is 2.47. The number of phenolic OH excluding ortho intramolecular Hbond substituents is 1. The molecule has 0 aromatic heterocycles. The second-order valence-electron chi connectivity index (χ2n) is 7.18. The Morgan fingerprint density at radius 3 is 2.73 bits per heavy atom. The van der Waals surface area contributed by atoms with E-state index in [1.807, 2.05) is 12.1 Å². The van der Waals surface area contributed by atoms with Gasteiger partial charge < -0.3 is 14.9 Å². The zero-order valence-electron chi connectivity index (χ0n) is 13.7. The Bertz CT molecular complexity index is 601.